The van der Waals surface area contributed by atoms with Crippen LogP contribution in [0, 0.1) is 27.7 Å². The van der Waals surface area contributed by atoms with Crippen LogP contribution in [-0.4, -0.2) is 28.2 Å². The molecule has 11 heteroatoms. The monoisotopic (exact) mass is 517 g/mol. The molecule has 4 rings (SSSR count). The number of sulfonamides is 1. The zero-order chi connectivity index (χ0) is 24.6. The number of nitrogens with one attached hydrogen (secondary N) is 1. The molecular formula is C23H21Cl2N5O3S. The van der Waals surface area contributed by atoms with E-state index in [4.69, 9.17) is 27.9 Å². The zero-order valence-electron chi connectivity index (χ0n) is 18.8. The van der Waals surface area contributed by atoms with E-state index in [2.05, 4.69) is 19.8 Å². The van der Waals surface area contributed by atoms with E-state index >= 15 is 0 Å². The molecule has 0 atom stereocenters. The maximum atomic E-state index is 12.8. The normalized spacial score (nSPS) is 11.5. The van der Waals surface area contributed by atoms with Crippen molar-refractivity contribution in [2.75, 3.05) is 4.72 Å². The van der Waals surface area contributed by atoms with Crippen LogP contribution in [0.1, 0.15) is 22.8 Å². The molecule has 0 aliphatic carbocycles. The van der Waals surface area contributed by atoms with E-state index < -0.39 is 10.0 Å². The van der Waals surface area contributed by atoms with Gasteiger partial charge in [-0.2, -0.15) is 10.1 Å². The maximum absolute atomic E-state index is 12.8. The lowest BCUT2D eigenvalue weighted by Crippen LogP contribution is -2.13. The van der Waals surface area contributed by atoms with Crippen LogP contribution in [0.4, 0.5) is 5.69 Å². The van der Waals surface area contributed by atoms with Crippen molar-refractivity contribution in [2.45, 2.75) is 32.6 Å². The van der Waals surface area contributed by atoms with E-state index in [9.17, 15) is 8.42 Å². The van der Waals surface area contributed by atoms with Gasteiger partial charge >= 0.3 is 0 Å². The summed E-state index contributed by atoms with van der Waals surface area (Å²) in [4.78, 5) is 8.71. The molecular weight excluding hydrogens is 497 g/mol. The van der Waals surface area contributed by atoms with Crippen molar-refractivity contribution < 1.29 is 13.2 Å². The number of aromatic nitrogens is 4. The summed E-state index contributed by atoms with van der Waals surface area (Å²) in [7, 11) is -3.91. The summed E-state index contributed by atoms with van der Waals surface area (Å²) in [5.74, 6) is 1.93. The molecule has 34 heavy (non-hydrogen) atoms. The number of benzene rings is 2. The summed E-state index contributed by atoms with van der Waals surface area (Å²) in [6, 6.07) is 12.9. The molecule has 0 bridgehead atoms. The molecule has 2 heterocycles. The Morgan fingerprint density at radius 3 is 2.26 bits per heavy atom. The molecule has 0 aliphatic rings. The van der Waals surface area contributed by atoms with Crippen LogP contribution >= 0.6 is 23.2 Å². The van der Waals surface area contributed by atoms with Crippen molar-refractivity contribution in [3.05, 3.63) is 81.4 Å². The number of halogens is 2. The van der Waals surface area contributed by atoms with E-state index in [0.717, 1.165) is 11.4 Å². The van der Waals surface area contributed by atoms with E-state index in [1.807, 2.05) is 19.9 Å². The predicted octanol–water partition coefficient (Wildman–Crippen LogP) is 5.80. The van der Waals surface area contributed by atoms with Crippen LogP contribution in [0.5, 0.6) is 11.6 Å². The highest BCUT2D eigenvalue weighted by molar-refractivity contribution is 7.92. The first-order chi connectivity index (χ1) is 16.0. The fraction of sp³-hybridized carbons (Fsp3) is 0.174. The fourth-order valence-corrected chi connectivity index (χ4v) is 5.20. The zero-order valence-corrected chi connectivity index (χ0v) is 21.1. The van der Waals surface area contributed by atoms with Crippen molar-refractivity contribution in [1.29, 1.82) is 0 Å². The van der Waals surface area contributed by atoms with Gasteiger partial charge in [-0.15, -0.1) is 0 Å². The third kappa shape index (κ3) is 5.16. The molecule has 0 fully saturated rings. The van der Waals surface area contributed by atoms with E-state index in [1.54, 1.807) is 48.9 Å². The van der Waals surface area contributed by atoms with Crippen LogP contribution in [-0.2, 0) is 10.0 Å². The molecule has 2 aromatic carbocycles. The largest absolute Gasteiger partial charge is 0.439 e. The average molecular weight is 518 g/mol. The summed E-state index contributed by atoms with van der Waals surface area (Å²) in [6.07, 6.45) is 0. The number of ether oxygens (including phenoxy) is 1. The highest BCUT2D eigenvalue weighted by atomic mass is 35.5. The summed E-state index contributed by atoms with van der Waals surface area (Å²) >= 11 is 12.1. The Labute approximate surface area is 207 Å². The van der Waals surface area contributed by atoms with Gasteiger partial charge in [0.15, 0.2) is 5.82 Å². The molecule has 0 saturated carbocycles. The first-order valence-corrected chi connectivity index (χ1v) is 12.4. The van der Waals surface area contributed by atoms with Gasteiger partial charge in [0.05, 0.1) is 10.7 Å². The fourth-order valence-electron chi connectivity index (χ4n) is 3.31. The van der Waals surface area contributed by atoms with Crippen LogP contribution in [0.15, 0.2) is 53.4 Å². The molecule has 0 saturated heterocycles. The van der Waals surface area contributed by atoms with Gasteiger partial charge in [-0.1, -0.05) is 23.2 Å². The van der Waals surface area contributed by atoms with Crippen molar-refractivity contribution in [1.82, 2.24) is 19.7 Å². The molecule has 2 aromatic heterocycles. The highest BCUT2D eigenvalue weighted by Crippen LogP contribution is 2.30. The van der Waals surface area contributed by atoms with E-state index in [0.29, 0.717) is 39.5 Å². The number of nitrogens with zero attached hydrogens (tertiary/aromatic N) is 4. The Balaban J connectivity index is 1.54. The first-order valence-electron chi connectivity index (χ1n) is 10.2. The van der Waals surface area contributed by atoms with Crippen LogP contribution in [0.3, 0.4) is 0 Å². The molecule has 0 unspecified atom stereocenters. The topological polar surface area (TPSA) is 99.0 Å². The Morgan fingerprint density at radius 2 is 1.62 bits per heavy atom. The second-order valence-corrected chi connectivity index (χ2v) is 10.2. The smallest absolute Gasteiger partial charge is 0.263 e. The summed E-state index contributed by atoms with van der Waals surface area (Å²) < 4.78 is 35.7. The number of hydrogen-bond donors (Lipinski definition) is 1. The van der Waals surface area contributed by atoms with Gasteiger partial charge in [0.25, 0.3) is 10.0 Å². The molecule has 0 amide bonds. The van der Waals surface area contributed by atoms with Gasteiger partial charge in [-0.25, -0.2) is 18.1 Å². The van der Waals surface area contributed by atoms with Crippen molar-refractivity contribution in [3.8, 4) is 17.4 Å². The minimum Gasteiger partial charge on any atom is -0.439 e. The lowest BCUT2D eigenvalue weighted by atomic mass is 10.2. The Morgan fingerprint density at radius 1 is 0.912 bits per heavy atom. The van der Waals surface area contributed by atoms with Gasteiger partial charge < -0.3 is 4.74 Å². The third-order valence-electron chi connectivity index (χ3n) is 4.86. The predicted molar refractivity (Wildman–Crippen MR) is 132 cm³/mol. The minimum absolute atomic E-state index is 0.0422. The number of hydrogen-bond acceptors (Lipinski definition) is 6. The average Bonchev–Trinajstić information content (AvgIpc) is 3.09. The summed E-state index contributed by atoms with van der Waals surface area (Å²) in [5, 5.41) is 4.88. The van der Waals surface area contributed by atoms with Crippen molar-refractivity contribution in [3.63, 3.8) is 0 Å². The Hall–Kier alpha value is -3.14. The lowest BCUT2D eigenvalue weighted by Gasteiger charge is -2.12. The molecule has 1 N–H and O–H groups in total. The van der Waals surface area contributed by atoms with Crippen molar-refractivity contribution >= 4 is 38.9 Å². The lowest BCUT2D eigenvalue weighted by molar-refractivity contribution is 0.459. The Bertz CT molecular complexity index is 1490. The second-order valence-electron chi connectivity index (χ2n) is 7.71. The van der Waals surface area contributed by atoms with E-state index in [1.165, 1.54) is 12.1 Å². The number of aryl methyl sites for hydroxylation is 4. The SMILES string of the molecule is Cc1cc(C)n(-c2cc(Oc3ccc(NS(=O)(=O)c4cc(C)c(Cl)cc4Cl)cc3)nc(C)n2)n1. The first kappa shape index (κ1) is 24.0. The van der Waals surface area contributed by atoms with Gasteiger partial charge in [-0.05, 0) is 75.7 Å². The number of anilines is 1. The van der Waals surface area contributed by atoms with Crippen LogP contribution < -0.4 is 9.46 Å². The van der Waals surface area contributed by atoms with Crippen LogP contribution in [0.25, 0.3) is 5.82 Å². The molecule has 4 aromatic rings. The van der Waals surface area contributed by atoms with Gasteiger partial charge in [-0.3, -0.25) is 4.72 Å². The molecule has 8 nitrogen and oxygen atoms in total. The van der Waals surface area contributed by atoms with E-state index in [-0.39, 0.29) is 9.92 Å². The highest BCUT2D eigenvalue weighted by Gasteiger charge is 2.20. The maximum Gasteiger partial charge on any atom is 0.263 e. The van der Waals surface area contributed by atoms with Gasteiger partial charge in [0, 0.05) is 22.5 Å². The van der Waals surface area contributed by atoms with Gasteiger partial charge in [0.2, 0.25) is 5.88 Å². The molecule has 176 valence electrons. The van der Waals surface area contributed by atoms with Gasteiger partial charge in [0.1, 0.15) is 16.5 Å². The molecule has 0 aliphatic heterocycles. The Kier molecular flexibility index (Phi) is 6.53. The third-order valence-corrected chi connectivity index (χ3v) is 7.11. The minimum atomic E-state index is -3.91. The summed E-state index contributed by atoms with van der Waals surface area (Å²) in [6.45, 7) is 7.32. The molecule has 0 spiro atoms. The van der Waals surface area contributed by atoms with Crippen LogP contribution in [0.2, 0.25) is 10.0 Å². The molecule has 0 radical (unpaired) electrons. The number of rotatable bonds is 6. The standard InChI is InChI=1S/C23H21Cl2N5O3S/c1-13-9-21(20(25)11-19(13)24)34(31,32)29-17-5-7-18(8-6-17)33-23-12-22(26-16(4)27-23)30-15(3)10-14(2)28-30/h5-12,29H,1-4H3. The second kappa shape index (κ2) is 9.25. The quantitative estimate of drug-likeness (QED) is 0.347. The van der Waals surface area contributed by atoms with Crippen molar-refractivity contribution in [2.24, 2.45) is 0 Å². The summed E-state index contributed by atoms with van der Waals surface area (Å²) in [5.41, 5.74) is 2.77.